The SMILES string of the molecule is O=[N+]([O-])c1ccc(-c2cc(-c3cccs3)nc(-c3cccs3)c2)cc1. The van der Waals surface area contributed by atoms with Crippen LogP contribution in [-0.4, -0.2) is 9.91 Å². The van der Waals surface area contributed by atoms with Crippen LogP contribution in [0.15, 0.2) is 71.4 Å². The minimum absolute atomic E-state index is 0.0924. The summed E-state index contributed by atoms with van der Waals surface area (Å²) in [5.41, 5.74) is 3.85. The molecule has 4 nitrogen and oxygen atoms in total. The molecular weight excluding hydrogens is 352 g/mol. The molecule has 25 heavy (non-hydrogen) atoms. The maximum Gasteiger partial charge on any atom is 0.269 e. The average Bonchev–Trinajstić information content (AvgIpc) is 3.35. The Labute approximate surface area is 152 Å². The monoisotopic (exact) mass is 364 g/mol. The fraction of sp³-hybridized carbons (Fsp3) is 0. The first-order valence-electron chi connectivity index (χ1n) is 7.55. The number of nitro benzene ring substituents is 1. The summed E-state index contributed by atoms with van der Waals surface area (Å²) in [6.07, 6.45) is 0. The summed E-state index contributed by atoms with van der Waals surface area (Å²) < 4.78 is 0. The molecule has 0 bridgehead atoms. The molecule has 4 rings (SSSR count). The van der Waals surface area contributed by atoms with Crippen molar-refractivity contribution in [2.75, 3.05) is 0 Å². The van der Waals surface area contributed by atoms with Gasteiger partial charge in [0.1, 0.15) is 0 Å². The summed E-state index contributed by atoms with van der Waals surface area (Å²) in [7, 11) is 0. The molecule has 0 amide bonds. The molecule has 0 saturated carbocycles. The van der Waals surface area contributed by atoms with Crippen LogP contribution in [0, 0.1) is 10.1 Å². The number of hydrogen-bond acceptors (Lipinski definition) is 5. The van der Waals surface area contributed by atoms with Crippen molar-refractivity contribution >= 4 is 28.4 Å². The number of pyridine rings is 1. The smallest absolute Gasteiger partial charge is 0.258 e. The maximum absolute atomic E-state index is 10.9. The normalized spacial score (nSPS) is 10.7. The van der Waals surface area contributed by atoms with E-state index in [0.717, 1.165) is 32.3 Å². The maximum atomic E-state index is 10.9. The Morgan fingerprint density at radius 1 is 0.800 bits per heavy atom. The van der Waals surface area contributed by atoms with Crippen LogP contribution in [0.25, 0.3) is 32.3 Å². The lowest BCUT2D eigenvalue weighted by Crippen LogP contribution is -1.90. The first-order chi connectivity index (χ1) is 12.2. The van der Waals surface area contributed by atoms with E-state index >= 15 is 0 Å². The Hall–Kier alpha value is -2.83. The second-order valence-corrected chi connectivity index (χ2v) is 7.28. The molecule has 0 atom stereocenters. The van der Waals surface area contributed by atoms with Gasteiger partial charge < -0.3 is 0 Å². The van der Waals surface area contributed by atoms with Crippen molar-refractivity contribution in [3.05, 3.63) is 81.5 Å². The van der Waals surface area contributed by atoms with Gasteiger partial charge in [0.25, 0.3) is 5.69 Å². The fourth-order valence-electron chi connectivity index (χ4n) is 2.57. The summed E-state index contributed by atoms with van der Waals surface area (Å²) in [4.78, 5) is 17.5. The fourth-order valence-corrected chi connectivity index (χ4v) is 3.95. The molecule has 6 heteroatoms. The topological polar surface area (TPSA) is 56.0 Å². The lowest BCUT2D eigenvalue weighted by Gasteiger charge is -2.08. The molecule has 122 valence electrons. The van der Waals surface area contributed by atoms with E-state index in [4.69, 9.17) is 4.98 Å². The standard InChI is InChI=1S/C19H12N2O2S2/c22-21(23)15-7-5-13(6-8-15)14-11-16(18-3-1-9-24-18)20-17(12-14)19-4-2-10-25-19/h1-12H. The van der Waals surface area contributed by atoms with Crippen LogP contribution in [0.2, 0.25) is 0 Å². The first-order valence-corrected chi connectivity index (χ1v) is 9.31. The van der Waals surface area contributed by atoms with Crippen LogP contribution in [0.1, 0.15) is 0 Å². The predicted molar refractivity (Wildman–Crippen MR) is 103 cm³/mol. The van der Waals surface area contributed by atoms with Crippen molar-refractivity contribution in [3.63, 3.8) is 0 Å². The molecule has 3 heterocycles. The molecule has 0 aliphatic heterocycles. The molecule has 0 N–H and O–H groups in total. The molecule has 0 saturated heterocycles. The van der Waals surface area contributed by atoms with Crippen LogP contribution in [-0.2, 0) is 0 Å². The van der Waals surface area contributed by atoms with E-state index in [2.05, 4.69) is 0 Å². The van der Waals surface area contributed by atoms with Crippen LogP contribution in [0.3, 0.4) is 0 Å². The van der Waals surface area contributed by atoms with E-state index in [1.807, 2.05) is 47.2 Å². The molecule has 1 aromatic carbocycles. The van der Waals surface area contributed by atoms with Gasteiger partial charge in [-0.25, -0.2) is 4.98 Å². The highest BCUT2D eigenvalue weighted by atomic mass is 32.1. The predicted octanol–water partition coefficient (Wildman–Crippen LogP) is 6.11. The van der Waals surface area contributed by atoms with Gasteiger partial charge in [0, 0.05) is 12.1 Å². The van der Waals surface area contributed by atoms with E-state index in [1.54, 1.807) is 34.8 Å². The highest BCUT2D eigenvalue weighted by molar-refractivity contribution is 7.13. The lowest BCUT2D eigenvalue weighted by atomic mass is 10.0. The van der Waals surface area contributed by atoms with Crippen molar-refractivity contribution in [3.8, 4) is 32.3 Å². The van der Waals surface area contributed by atoms with E-state index in [1.165, 1.54) is 12.1 Å². The summed E-state index contributed by atoms with van der Waals surface area (Å²) >= 11 is 3.29. The number of aromatic nitrogens is 1. The van der Waals surface area contributed by atoms with E-state index in [0.29, 0.717) is 0 Å². The van der Waals surface area contributed by atoms with Crippen molar-refractivity contribution in [1.29, 1.82) is 0 Å². The van der Waals surface area contributed by atoms with Crippen molar-refractivity contribution < 1.29 is 4.92 Å². The van der Waals surface area contributed by atoms with Crippen LogP contribution in [0.4, 0.5) is 5.69 Å². The number of non-ortho nitro benzene ring substituents is 1. The van der Waals surface area contributed by atoms with Gasteiger partial charge in [-0.1, -0.05) is 12.1 Å². The van der Waals surface area contributed by atoms with E-state index < -0.39 is 0 Å². The summed E-state index contributed by atoms with van der Waals surface area (Å²) in [6, 6.07) is 18.8. The minimum Gasteiger partial charge on any atom is -0.258 e. The number of benzene rings is 1. The summed E-state index contributed by atoms with van der Waals surface area (Å²) in [6.45, 7) is 0. The Bertz CT molecular complexity index is 956. The number of thiophene rings is 2. The lowest BCUT2D eigenvalue weighted by molar-refractivity contribution is -0.384. The quantitative estimate of drug-likeness (QED) is 0.324. The Morgan fingerprint density at radius 3 is 1.80 bits per heavy atom. The van der Waals surface area contributed by atoms with Gasteiger partial charge in [-0.05, 0) is 58.3 Å². The average molecular weight is 364 g/mol. The molecular formula is C19H12N2O2S2. The third kappa shape index (κ3) is 3.22. The molecule has 4 aromatic rings. The minimum atomic E-state index is -0.384. The van der Waals surface area contributed by atoms with E-state index in [-0.39, 0.29) is 10.6 Å². The van der Waals surface area contributed by atoms with E-state index in [9.17, 15) is 10.1 Å². The third-order valence-electron chi connectivity index (χ3n) is 3.78. The largest absolute Gasteiger partial charge is 0.269 e. The number of nitro groups is 1. The van der Waals surface area contributed by atoms with Gasteiger partial charge in [-0.3, -0.25) is 10.1 Å². The number of nitrogens with zero attached hydrogens (tertiary/aromatic N) is 2. The zero-order valence-electron chi connectivity index (χ0n) is 13.0. The molecule has 0 aliphatic carbocycles. The highest BCUT2D eigenvalue weighted by Gasteiger charge is 2.11. The first kappa shape index (κ1) is 15.7. The van der Waals surface area contributed by atoms with Crippen LogP contribution in [0.5, 0.6) is 0 Å². The Balaban J connectivity index is 1.85. The van der Waals surface area contributed by atoms with Crippen molar-refractivity contribution in [1.82, 2.24) is 4.98 Å². The number of rotatable bonds is 4. The zero-order chi connectivity index (χ0) is 17.2. The van der Waals surface area contributed by atoms with Gasteiger partial charge in [0.05, 0.1) is 26.1 Å². The molecule has 0 aliphatic rings. The molecule has 0 unspecified atom stereocenters. The Kier molecular flexibility index (Phi) is 4.13. The van der Waals surface area contributed by atoms with Gasteiger partial charge in [-0.15, -0.1) is 22.7 Å². The van der Waals surface area contributed by atoms with Gasteiger partial charge in [-0.2, -0.15) is 0 Å². The third-order valence-corrected chi connectivity index (χ3v) is 5.57. The van der Waals surface area contributed by atoms with Gasteiger partial charge in [0.15, 0.2) is 0 Å². The molecule has 0 fully saturated rings. The van der Waals surface area contributed by atoms with Crippen LogP contribution < -0.4 is 0 Å². The zero-order valence-corrected chi connectivity index (χ0v) is 14.6. The highest BCUT2D eigenvalue weighted by Crippen LogP contribution is 2.33. The Morgan fingerprint density at radius 2 is 1.36 bits per heavy atom. The molecule has 0 radical (unpaired) electrons. The number of hydrogen-bond donors (Lipinski definition) is 0. The summed E-state index contributed by atoms with van der Waals surface area (Å²) in [5.74, 6) is 0. The van der Waals surface area contributed by atoms with Crippen molar-refractivity contribution in [2.45, 2.75) is 0 Å². The van der Waals surface area contributed by atoms with Gasteiger partial charge in [0.2, 0.25) is 0 Å². The second kappa shape index (κ2) is 6.58. The molecule has 0 spiro atoms. The van der Waals surface area contributed by atoms with Gasteiger partial charge >= 0.3 is 0 Å². The molecule has 3 aromatic heterocycles. The second-order valence-electron chi connectivity index (χ2n) is 5.38. The van der Waals surface area contributed by atoms with Crippen LogP contribution >= 0.6 is 22.7 Å². The van der Waals surface area contributed by atoms with Crippen molar-refractivity contribution in [2.24, 2.45) is 0 Å². The summed E-state index contributed by atoms with van der Waals surface area (Å²) in [5, 5.41) is 14.9.